The van der Waals surface area contributed by atoms with Crippen LogP contribution in [0.15, 0.2) is 116 Å². The average molecular weight is 638 g/mol. The van der Waals surface area contributed by atoms with E-state index in [9.17, 15) is 0 Å². The molecule has 2 aromatic carbocycles. The number of halogens is 4. The van der Waals surface area contributed by atoms with Crippen LogP contribution in [0.3, 0.4) is 0 Å². The van der Waals surface area contributed by atoms with Gasteiger partial charge in [0.15, 0.2) is 17.8 Å². The van der Waals surface area contributed by atoms with Crippen molar-refractivity contribution in [2.75, 3.05) is 0 Å². The van der Waals surface area contributed by atoms with Gasteiger partial charge in [0.05, 0.1) is 10.6 Å². The first kappa shape index (κ1) is 29.4. The third kappa shape index (κ3) is 7.21. The highest BCUT2D eigenvalue weighted by molar-refractivity contribution is 6.37. The van der Waals surface area contributed by atoms with Crippen molar-refractivity contribution < 1.29 is 11.6 Å². The van der Waals surface area contributed by atoms with Crippen LogP contribution >= 0.6 is 34.8 Å². The molecule has 0 aliphatic rings. The highest BCUT2D eigenvalue weighted by Crippen LogP contribution is 2.27. The fraction of sp³-hybridized carbons (Fsp3) is 0.0667. The van der Waals surface area contributed by atoms with E-state index < -0.39 is 0 Å². The number of hydrogen-bond acceptors (Lipinski definition) is 4. The maximum atomic E-state index is 6.19. The topological polar surface area (TPSA) is 71.3 Å². The third-order valence-electron chi connectivity index (χ3n) is 6.02. The summed E-state index contributed by atoms with van der Waals surface area (Å²) in [7, 11) is 0. The lowest BCUT2D eigenvalue weighted by Crippen LogP contribution is -2.16. The van der Waals surface area contributed by atoms with E-state index >= 15 is 0 Å². The zero-order valence-electron chi connectivity index (χ0n) is 21.9. The lowest BCUT2D eigenvalue weighted by molar-refractivity contribution is -0.289. The van der Waals surface area contributed by atoms with Crippen LogP contribution in [-0.2, 0) is 0 Å². The van der Waals surface area contributed by atoms with E-state index in [-0.39, 0.29) is 12.3 Å². The summed E-state index contributed by atoms with van der Waals surface area (Å²) < 4.78 is 7.14. The van der Waals surface area contributed by atoms with Crippen molar-refractivity contribution in [3.05, 3.63) is 154 Å². The lowest BCUT2D eigenvalue weighted by atomic mass is 10.2. The van der Waals surface area contributed by atoms with Crippen molar-refractivity contribution in [3.8, 4) is 0 Å². The summed E-state index contributed by atoms with van der Waals surface area (Å²) in [6.45, 7) is 0. The van der Waals surface area contributed by atoms with Gasteiger partial charge in [-0.15, -0.1) is 12.4 Å². The monoisotopic (exact) mass is 636 g/mol. The summed E-state index contributed by atoms with van der Waals surface area (Å²) in [5.41, 5.74) is 1.60. The molecule has 4 aromatic heterocycles. The molecule has 0 saturated heterocycles. The Morgan fingerprint density at radius 1 is 0.619 bits per heavy atom. The van der Waals surface area contributed by atoms with Gasteiger partial charge in [-0.2, -0.15) is 21.4 Å². The third-order valence-corrected chi connectivity index (χ3v) is 7.36. The first-order valence-electron chi connectivity index (χ1n) is 12.7. The fourth-order valence-corrected chi connectivity index (χ4v) is 5.08. The maximum absolute atomic E-state index is 6.19. The molecule has 8 nitrogen and oxygen atoms in total. The number of hydrogen-bond donors (Lipinski definition) is 0. The van der Waals surface area contributed by atoms with Crippen molar-refractivity contribution in [3.63, 3.8) is 0 Å². The second-order valence-electron chi connectivity index (χ2n) is 8.72. The van der Waals surface area contributed by atoms with Crippen LogP contribution in [0.1, 0.15) is 23.5 Å². The minimum absolute atomic E-state index is 0.178. The fourth-order valence-electron chi connectivity index (χ4n) is 4.01. The SMILES string of the molecule is Clc1cccc(Cl)c1/C=C/C(n1cccn1)n1cccn1.Clc1cccc([ClH+])c1/C=C/[C@H](n1cc[c-]n1)n1cccn1. The van der Waals surface area contributed by atoms with Gasteiger partial charge in [0.25, 0.3) is 0 Å². The first-order chi connectivity index (χ1) is 20.5. The van der Waals surface area contributed by atoms with Crippen LogP contribution in [0.25, 0.3) is 12.2 Å². The van der Waals surface area contributed by atoms with E-state index in [0.717, 1.165) is 11.1 Å². The standard InChI is InChI=1S/2C15H12Cl2N4/c2*16-13-4-1-5-14(17)12(13)6-7-15(20-10-2-8-18-20)21-11-3-9-19-21/h1-8,10-11,15-16H;1-11,15H/b2*7-6+/t15-;/m0./s1. The highest BCUT2D eigenvalue weighted by atomic mass is 35.5. The Kier molecular flexibility index (Phi) is 9.94. The van der Waals surface area contributed by atoms with Gasteiger partial charge in [0.1, 0.15) is 6.17 Å². The molecule has 0 aliphatic heterocycles. The first-order valence-corrected chi connectivity index (χ1v) is 14.2. The molecule has 0 saturated carbocycles. The van der Waals surface area contributed by atoms with Gasteiger partial charge in [-0.05, 0) is 54.6 Å². The van der Waals surface area contributed by atoms with Crippen molar-refractivity contribution in [2.24, 2.45) is 0 Å². The summed E-state index contributed by atoms with van der Waals surface area (Å²) in [5, 5.41) is 19.5. The molecule has 0 radical (unpaired) electrons. The molecule has 0 fully saturated rings. The molecule has 0 spiro atoms. The van der Waals surface area contributed by atoms with Gasteiger partial charge in [-0.3, -0.25) is 0 Å². The minimum atomic E-state index is -0.197. The lowest BCUT2D eigenvalue weighted by Gasteiger charge is -2.18. The van der Waals surface area contributed by atoms with Crippen LogP contribution in [0, 0.1) is 17.8 Å². The zero-order valence-corrected chi connectivity index (χ0v) is 25.0. The molecule has 6 rings (SSSR count). The highest BCUT2D eigenvalue weighted by Gasteiger charge is 2.12. The molecule has 6 aromatic rings. The predicted octanol–water partition coefficient (Wildman–Crippen LogP) is 7.14. The Hall–Kier alpha value is -4.08. The number of rotatable bonds is 8. The molecule has 0 amide bonds. The molecular formula is C30H24Cl4N8. The Morgan fingerprint density at radius 3 is 1.55 bits per heavy atom. The van der Waals surface area contributed by atoms with E-state index in [1.165, 1.54) is 0 Å². The second kappa shape index (κ2) is 14.2. The van der Waals surface area contributed by atoms with Gasteiger partial charge in [-0.1, -0.05) is 53.0 Å². The molecule has 0 aliphatic carbocycles. The largest absolute Gasteiger partial charge is 0.343 e. The summed E-state index contributed by atoms with van der Waals surface area (Å²) in [4.78, 5) is 0. The smallest absolute Gasteiger partial charge is 0.234 e. The van der Waals surface area contributed by atoms with Crippen molar-refractivity contribution in [1.82, 2.24) is 39.1 Å². The van der Waals surface area contributed by atoms with Crippen molar-refractivity contribution in [1.29, 1.82) is 0 Å². The summed E-state index contributed by atoms with van der Waals surface area (Å²) in [6, 6.07) is 18.3. The molecule has 42 heavy (non-hydrogen) atoms. The molecule has 0 bridgehead atoms. The molecule has 0 N–H and O–H groups in total. The number of aromatic nitrogens is 8. The van der Waals surface area contributed by atoms with Gasteiger partial charge in [0.2, 0.25) is 5.02 Å². The molecule has 12 heteroatoms. The molecule has 0 unspecified atom stereocenters. The summed E-state index contributed by atoms with van der Waals surface area (Å²) in [5.74, 6) is 0. The van der Waals surface area contributed by atoms with E-state index in [1.54, 1.807) is 43.4 Å². The minimum Gasteiger partial charge on any atom is -0.343 e. The van der Waals surface area contributed by atoms with Crippen LogP contribution in [0.5, 0.6) is 0 Å². The van der Waals surface area contributed by atoms with Gasteiger partial charge < -0.3 is 9.78 Å². The second-order valence-corrected chi connectivity index (χ2v) is 10.4. The van der Waals surface area contributed by atoms with Gasteiger partial charge in [-0.25, -0.2) is 14.0 Å². The van der Waals surface area contributed by atoms with Crippen molar-refractivity contribution in [2.45, 2.75) is 12.3 Å². The van der Waals surface area contributed by atoms with Crippen molar-refractivity contribution >= 4 is 47.0 Å². The summed E-state index contributed by atoms with van der Waals surface area (Å²) in [6.07, 6.45) is 22.7. The molecule has 4 heterocycles. The van der Waals surface area contributed by atoms with Gasteiger partial charge >= 0.3 is 0 Å². The zero-order chi connectivity index (χ0) is 29.3. The number of benzene rings is 2. The van der Waals surface area contributed by atoms with Crippen LogP contribution < -0.4 is 0 Å². The Balaban J connectivity index is 0.000000168. The van der Waals surface area contributed by atoms with E-state index in [2.05, 4.69) is 26.6 Å². The Labute approximate surface area is 262 Å². The quantitative estimate of drug-likeness (QED) is 0.166. The maximum Gasteiger partial charge on any atom is 0.234 e. The normalized spacial score (nSPS) is 12.2. The van der Waals surface area contributed by atoms with E-state index in [4.69, 9.17) is 46.4 Å². The molecule has 1 atom stereocenters. The van der Waals surface area contributed by atoms with Gasteiger partial charge in [0, 0.05) is 58.9 Å². The number of allylic oxidation sites excluding steroid dienone is 2. The predicted molar refractivity (Wildman–Crippen MR) is 163 cm³/mol. The Morgan fingerprint density at radius 2 is 1.10 bits per heavy atom. The van der Waals surface area contributed by atoms with E-state index in [1.807, 2.05) is 104 Å². The van der Waals surface area contributed by atoms with Crippen LogP contribution in [0.4, 0.5) is 0 Å². The Bertz CT molecular complexity index is 1490. The average Bonchev–Trinajstić information content (AvgIpc) is 3.82. The van der Waals surface area contributed by atoms with Crippen LogP contribution in [0.2, 0.25) is 20.1 Å². The molecular weight excluding hydrogens is 614 g/mol. The van der Waals surface area contributed by atoms with Crippen LogP contribution in [-0.4, -0.2) is 39.1 Å². The summed E-state index contributed by atoms with van der Waals surface area (Å²) >= 11 is 23.9. The molecule has 212 valence electrons. The number of nitrogens with zero attached hydrogens (tertiary/aromatic N) is 8. The van der Waals surface area contributed by atoms with E-state index in [0.29, 0.717) is 20.1 Å².